The first-order valence-corrected chi connectivity index (χ1v) is 27.3. The summed E-state index contributed by atoms with van der Waals surface area (Å²) in [5.41, 5.74) is 4.58. The van der Waals surface area contributed by atoms with E-state index < -0.39 is 0 Å². The Bertz CT molecular complexity index is 2240. The van der Waals surface area contributed by atoms with Crippen LogP contribution in [0.3, 0.4) is 0 Å². The summed E-state index contributed by atoms with van der Waals surface area (Å²) < 4.78 is 0. The SMILES string of the molecule is CC(C)C(=O)Cl.CC(C)C(=O)N1CCC(CCN2CCN(c3ccc(Cl)cc3Cl)C(c3ccc(Cl)cc3)C2)CC1.Clc1ccc(C2CN(CCC3CCNCC3)CCN2c2ccc(Cl)cc2Cl)cc1. The quantitative estimate of drug-likeness (QED) is 0.142. The van der Waals surface area contributed by atoms with E-state index in [9.17, 15) is 9.59 Å². The summed E-state index contributed by atoms with van der Waals surface area (Å²) in [6, 6.07) is 28.4. The summed E-state index contributed by atoms with van der Waals surface area (Å²) >= 11 is 42.8. The van der Waals surface area contributed by atoms with Gasteiger partial charge in [0.05, 0.1) is 33.5 Å². The first-order chi connectivity index (χ1) is 33.1. The summed E-state index contributed by atoms with van der Waals surface area (Å²) in [7, 11) is 0. The molecule has 4 aromatic carbocycles. The lowest BCUT2D eigenvalue weighted by molar-refractivity contribution is -0.135. The Morgan fingerprint density at radius 3 is 1.30 bits per heavy atom. The lowest BCUT2D eigenvalue weighted by Gasteiger charge is -2.44. The number of carbonyl (C=O) groups excluding carboxylic acids is 2. The molecule has 2 unspecified atom stereocenters. The molecule has 0 aromatic heterocycles. The maximum Gasteiger partial charge on any atom is 0.225 e. The van der Waals surface area contributed by atoms with Crippen LogP contribution in [0.15, 0.2) is 84.9 Å². The maximum atomic E-state index is 12.3. The second-order valence-electron chi connectivity index (χ2n) is 19.5. The van der Waals surface area contributed by atoms with Crippen LogP contribution in [0.25, 0.3) is 0 Å². The van der Waals surface area contributed by atoms with Crippen LogP contribution >= 0.6 is 81.2 Å². The normalized spacial score (nSPS) is 19.8. The number of nitrogens with one attached hydrogen (secondary N) is 1. The molecule has 376 valence electrons. The topological polar surface area (TPSA) is 62.4 Å². The smallest absolute Gasteiger partial charge is 0.225 e. The van der Waals surface area contributed by atoms with Crippen molar-refractivity contribution in [3.8, 4) is 0 Å². The van der Waals surface area contributed by atoms with Crippen molar-refractivity contribution in [2.75, 3.05) is 88.3 Å². The van der Waals surface area contributed by atoms with Crippen molar-refractivity contribution >= 4 is 104 Å². The molecule has 1 N–H and O–H groups in total. The number of carbonyl (C=O) groups is 2. The second kappa shape index (κ2) is 27.5. The fourth-order valence-electron chi connectivity index (χ4n) is 9.74. The lowest BCUT2D eigenvalue weighted by atomic mass is 9.92. The number of hydrogen-bond donors (Lipinski definition) is 1. The molecule has 8 rings (SSSR count). The third-order valence-electron chi connectivity index (χ3n) is 13.9. The summed E-state index contributed by atoms with van der Waals surface area (Å²) in [5.74, 6) is 1.91. The Morgan fingerprint density at radius 2 is 0.928 bits per heavy atom. The molecule has 0 radical (unpaired) electrons. The van der Waals surface area contributed by atoms with E-state index in [0.717, 1.165) is 106 Å². The van der Waals surface area contributed by atoms with Crippen molar-refractivity contribution in [1.82, 2.24) is 20.0 Å². The van der Waals surface area contributed by atoms with Crippen LogP contribution in [-0.4, -0.2) is 104 Å². The van der Waals surface area contributed by atoms with Crippen molar-refractivity contribution < 1.29 is 9.59 Å². The highest BCUT2D eigenvalue weighted by Gasteiger charge is 2.32. The standard InChI is InChI=1S/C27H34Cl3N3O.C23H28Cl3N3.C4H7ClO/c1-19(2)27(34)32-13-10-20(11-14-32)9-12-31-15-16-33(25-8-7-23(29)17-24(25)30)26(18-31)21-3-5-22(28)6-4-21;24-19-3-1-18(2-4-19)23-16-28(12-9-17-7-10-27-11-8-17)13-14-29(23)22-6-5-20(25)15-21(22)26;1-3(2)4(5)6/h3-8,17,19-20,26H,9-16,18H2,1-2H3;1-6,15,17,23,27H,7-14,16H2;3H,1-2H3. The Balaban J connectivity index is 0.000000205. The van der Waals surface area contributed by atoms with Gasteiger partial charge in [-0.2, -0.15) is 0 Å². The van der Waals surface area contributed by atoms with Crippen LogP contribution in [0.4, 0.5) is 11.4 Å². The van der Waals surface area contributed by atoms with Crippen molar-refractivity contribution in [3.63, 3.8) is 0 Å². The fourth-order valence-corrected chi connectivity index (χ4v) is 11.0. The van der Waals surface area contributed by atoms with Crippen LogP contribution in [0.1, 0.15) is 89.4 Å². The van der Waals surface area contributed by atoms with Gasteiger partial charge in [0.1, 0.15) is 0 Å². The van der Waals surface area contributed by atoms with Gasteiger partial charge in [0.25, 0.3) is 0 Å². The molecule has 4 aliphatic rings. The first-order valence-electron chi connectivity index (χ1n) is 24.6. The molecule has 4 aromatic rings. The molecular weight excluding hydrogens is 1010 g/mol. The molecule has 15 heteroatoms. The number of likely N-dealkylation sites (tertiary alicyclic amines) is 1. The zero-order valence-electron chi connectivity index (χ0n) is 40.5. The number of amides is 1. The predicted octanol–water partition coefficient (Wildman–Crippen LogP) is 14.1. The molecule has 0 spiro atoms. The summed E-state index contributed by atoms with van der Waals surface area (Å²) in [4.78, 5) is 34.2. The third-order valence-corrected chi connectivity index (χ3v) is 15.9. The Kier molecular flexibility index (Phi) is 22.3. The molecule has 2 atom stereocenters. The van der Waals surface area contributed by atoms with E-state index in [1.807, 2.05) is 79.4 Å². The second-order valence-corrected chi connectivity index (χ2v) is 22.4. The number of hydrogen-bond acceptors (Lipinski definition) is 7. The minimum Gasteiger partial charge on any atom is -0.361 e. The van der Waals surface area contributed by atoms with Gasteiger partial charge in [-0.05, 0) is 160 Å². The summed E-state index contributed by atoms with van der Waals surface area (Å²) in [6.07, 6.45) is 7.30. The van der Waals surface area contributed by atoms with Gasteiger partial charge < -0.3 is 20.0 Å². The largest absolute Gasteiger partial charge is 0.361 e. The molecule has 0 bridgehead atoms. The van der Waals surface area contributed by atoms with Gasteiger partial charge in [0.2, 0.25) is 11.1 Å². The molecule has 1 amide bonds. The first kappa shape index (κ1) is 55.8. The minimum absolute atomic E-state index is 0.0216. The van der Waals surface area contributed by atoms with Gasteiger partial charge in [-0.15, -0.1) is 0 Å². The molecule has 8 nitrogen and oxygen atoms in total. The average molecular weight is 1080 g/mol. The Labute approximate surface area is 446 Å². The monoisotopic (exact) mass is 1080 g/mol. The number of anilines is 2. The molecule has 4 heterocycles. The fraction of sp³-hybridized carbons (Fsp3) is 0.519. The highest BCUT2D eigenvalue weighted by Crippen LogP contribution is 2.39. The van der Waals surface area contributed by atoms with Gasteiger partial charge in [-0.1, -0.05) is 122 Å². The number of nitrogens with zero attached hydrogens (tertiary/aromatic N) is 5. The van der Waals surface area contributed by atoms with Crippen LogP contribution in [0.2, 0.25) is 30.1 Å². The number of halogens is 7. The average Bonchev–Trinajstić information content (AvgIpc) is 3.34. The van der Waals surface area contributed by atoms with Crippen molar-refractivity contribution in [3.05, 3.63) is 126 Å². The zero-order chi connectivity index (χ0) is 49.6. The highest BCUT2D eigenvalue weighted by atomic mass is 35.5. The number of rotatable bonds is 12. The molecule has 0 saturated carbocycles. The maximum absolute atomic E-state index is 12.3. The molecular formula is C54H69Cl7N6O2. The molecule has 69 heavy (non-hydrogen) atoms. The van der Waals surface area contributed by atoms with E-state index >= 15 is 0 Å². The van der Waals surface area contributed by atoms with E-state index in [0.29, 0.717) is 31.9 Å². The predicted molar refractivity (Wildman–Crippen MR) is 294 cm³/mol. The van der Waals surface area contributed by atoms with Crippen LogP contribution in [-0.2, 0) is 9.59 Å². The molecule has 4 aliphatic heterocycles. The lowest BCUT2D eigenvalue weighted by Crippen LogP contribution is -2.49. The number of piperidine rings is 2. The summed E-state index contributed by atoms with van der Waals surface area (Å²) in [5, 5.41) is 7.42. The zero-order valence-corrected chi connectivity index (χ0v) is 45.8. The van der Waals surface area contributed by atoms with E-state index in [1.54, 1.807) is 13.8 Å². The molecule has 0 aliphatic carbocycles. The van der Waals surface area contributed by atoms with Gasteiger partial charge in [-0.3, -0.25) is 19.4 Å². The minimum atomic E-state index is -0.269. The van der Waals surface area contributed by atoms with E-state index in [-0.39, 0.29) is 29.2 Å². The third kappa shape index (κ3) is 16.8. The summed E-state index contributed by atoms with van der Waals surface area (Å²) in [6.45, 7) is 19.7. The van der Waals surface area contributed by atoms with Crippen molar-refractivity contribution in [2.24, 2.45) is 23.7 Å². The van der Waals surface area contributed by atoms with E-state index in [4.69, 9.17) is 81.2 Å². The van der Waals surface area contributed by atoms with Crippen LogP contribution < -0.4 is 15.1 Å². The van der Waals surface area contributed by atoms with Crippen LogP contribution in [0, 0.1) is 23.7 Å². The van der Waals surface area contributed by atoms with Gasteiger partial charge in [0.15, 0.2) is 0 Å². The van der Waals surface area contributed by atoms with E-state index in [1.165, 1.54) is 49.9 Å². The highest BCUT2D eigenvalue weighted by molar-refractivity contribution is 6.63. The van der Waals surface area contributed by atoms with E-state index in [2.05, 4.69) is 49.2 Å². The van der Waals surface area contributed by atoms with Gasteiger partial charge in [-0.25, -0.2) is 0 Å². The van der Waals surface area contributed by atoms with Crippen molar-refractivity contribution in [2.45, 2.75) is 78.3 Å². The van der Waals surface area contributed by atoms with Crippen molar-refractivity contribution in [1.29, 1.82) is 0 Å². The number of piperazine rings is 2. The van der Waals surface area contributed by atoms with Gasteiger partial charge in [0, 0.05) is 84.3 Å². The Morgan fingerprint density at radius 1 is 0.536 bits per heavy atom. The van der Waals surface area contributed by atoms with Gasteiger partial charge >= 0.3 is 0 Å². The number of benzene rings is 4. The molecule has 4 fully saturated rings. The Hall–Kier alpha value is -2.47. The van der Waals surface area contributed by atoms with Crippen LogP contribution in [0.5, 0.6) is 0 Å². The molecule has 4 saturated heterocycles.